The molecular formula is C33H43N3O14. The average Bonchev–Trinajstić information content (AvgIpc) is 3.08. The van der Waals surface area contributed by atoms with Crippen LogP contribution >= 0.6 is 0 Å². The summed E-state index contributed by atoms with van der Waals surface area (Å²) in [5, 5.41) is 25.0. The van der Waals surface area contributed by atoms with Crippen molar-refractivity contribution in [2.45, 2.75) is 90.1 Å². The van der Waals surface area contributed by atoms with E-state index in [9.17, 15) is 34.2 Å². The van der Waals surface area contributed by atoms with E-state index in [1.165, 1.54) is 24.3 Å². The number of anilines is 1. The maximum Gasteiger partial charge on any atom is 0.411 e. The van der Waals surface area contributed by atoms with Gasteiger partial charge in [0.05, 0.1) is 29.6 Å². The molecule has 274 valence electrons. The number of hydrogen-bond donors (Lipinski definition) is 5. The fraction of sp³-hybridized carbons (Fsp3) is 0.485. The predicted molar refractivity (Wildman–Crippen MR) is 172 cm³/mol. The maximum atomic E-state index is 13.5. The van der Waals surface area contributed by atoms with E-state index in [1.54, 1.807) is 39.8 Å². The highest BCUT2D eigenvalue weighted by Gasteiger charge is 2.35. The number of carboxylic acids is 1. The number of hydrogen-bond acceptors (Lipinski definition) is 14. The molecule has 1 fully saturated rings. The SMILES string of the molecule is CC(C)(COC(C)(C)CNC(=O)c1cc(COC(=O)Nc2ccc(COC=O)cc2COC=O)ccc1OC1CC(O)CC(C(=O)O)O1)ON. The van der Waals surface area contributed by atoms with Gasteiger partial charge in [0.2, 0.25) is 6.29 Å². The molecule has 1 aliphatic heterocycles. The number of aliphatic hydroxyl groups excluding tert-OH is 1. The first-order chi connectivity index (χ1) is 23.6. The van der Waals surface area contributed by atoms with E-state index in [1.807, 2.05) is 0 Å². The largest absolute Gasteiger partial charge is 0.479 e. The van der Waals surface area contributed by atoms with Crippen LogP contribution in [0.5, 0.6) is 5.75 Å². The minimum absolute atomic E-state index is 0.00453. The van der Waals surface area contributed by atoms with Crippen LogP contribution in [-0.2, 0) is 62.7 Å². The van der Waals surface area contributed by atoms with E-state index >= 15 is 0 Å². The summed E-state index contributed by atoms with van der Waals surface area (Å²) in [7, 11) is 0. The van der Waals surface area contributed by atoms with Gasteiger partial charge in [0.1, 0.15) is 31.2 Å². The highest BCUT2D eigenvalue weighted by molar-refractivity contribution is 5.97. The third-order valence-corrected chi connectivity index (χ3v) is 7.29. The number of rotatable bonds is 19. The molecule has 0 radical (unpaired) electrons. The minimum atomic E-state index is -1.31. The van der Waals surface area contributed by atoms with Gasteiger partial charge in [0.15, 0.2) is 6.10 Å². The van der Waals surface area contributed by atoms with E-state index < -0.39 is 47.7 Å². The highest BCUT2D eigenvalue weighted by Crippen LogP contribution is 2.28. The molecule has 2 aromatic carbocycles. The van der Waals surface area contributed by atoms with Crippen molar-refractivity contribution in [3.8, 4) is 5.75 Å². The van der Waals surface area contributed by atoms with E-state index in [-0.39, 0.29) is 75.8 Å². The van der Waals surface area contributed by atoms with E-state index in [0.717, 1.165) is 0 Å². The zero-order chi connectivity index (χ0) is 36.9. The first kappa shape index (κ1) is 39.6. The van der Waals surface area contributed by atoms with Gasteiger partial charge in [-0.05, 0) is 63.1 Å². The summed E-state index contributed by atoms with van der Waals surface area (Å²) in [6.45, 7) is 7.20. The van der Waals surface area contributed by atoms with Crippen LogP contribution < -0.4 is 21.3 Å². The smallest absolute Gasteiger partial charge is 0.411 e. The van der Waals surface area contributed by atoms with Crippen molar-refractivity contribution in [3.05, 3.63) is 58.7 Å². The molecule has 0 bridgehead atoms. The Bertz CT molecular complexity index is 1500. The Morgan fingerprint density at radius 1 is 0.960 bits per heavy atom. The van der Waals surface area contributed by atoms with E-state index in [0.29, 0.717) is 16.7 Å². The second-order valence-corrected chi connectivity index (χ2v) is 12.6. The van der Waals surface area contributed by atoms with Crippen LogP contribution in [0.4, 0.5) is 10.5 Å². The summed E-state index contributed by atoms with van der Waals surface area (Å²) in [4.78, 5) is 64.0. The molecule has 1 saturated heterocycles. The van der Waals surface area contributed by atoms with Gasteiger partial charge in [0.25, 0.3) is 18.9 Å². The number of nitrogens with one attached hydrogen (secondary N) is 2. The lowest BCUT2D eigenvalue weighted by molar-refractivity contribution is -0.195. The zero-order valence-corrected chi connectivity index (χ0v) is 28.2. The normalized spacial score (nSPS) is 17.6. The quantitative estimate of drug-likeness (QED) is 0.0800. The number of aliphatic hydroxyl groups is 1. The van der Waals surface area contributed by atoms with E-state index in [4.69, 9.17) is 39.2 Å². The van der Waals surface area contributed by atoms with Crippen LogP contribution in [0.25, 0.3) is 0 Å². The first-order valence-corrected chi connectivity index (χ1v) is 15.5. The topological polar surface area (TPSA) is 240 Å². The molecule has 17 heteroatoms. The summed E-state index contributed by atoms with van der Waals surface area (Å²) in [6.07, 6.45) is -4.52. The molecule has 3 unspecified atom stereocenters. The van der Waals surface area contributed by atoms with Gasteiger partial charge >= 0.3 is 12.1 Å². The van der Waals surface area contributed by atoms with Crippen molar-refractivity contribution in [3.63, 3.8) is 0 Å². The molecule has 17 nitrogen and oxygen atoms in total. The van der Waals surface area contributed by atoms with Crippen LogP contribution in [0.3, 0.4) is 0 Å². The number of carbonyl (C=O) groups is 5. The third-order valence-electron chi connectivity index (χ3n) is 7.29. The Hall–Kier alpha value is -4.81. The zero-order valence-electron chi connectivity index (χ0n) is 28.2. The lowest BCUT2D eigenvalue weighted by atomic mass is 10.0. The number of carbonyl (C=O) groups excluding carboxylic acids is 4. The number of nitrogens with two attached hydrogens (primary N) is 1. The molecule has 3 rings (SSSR count). The van der Waals surface area contributed by atoms with Crippen LogP contribution in [-0.4, -0.2) is 84.0 Å². The molecule has 1 heterocycles. The summed E-state index contributed by atoms with van der Waals surface area (Å²) in [5.41, 5.74) is 0.0271. The standard InChI is InChI=1S/C33H43N3O14/c1-32(2,47-17-33(3,4)50-34)16-35-29(40)24-10-21(6-8-26(24)48-28-12-23(39)11-27(49-28)30(41)42)14-46-31(43)36-25-7-5-20(13-44-18-37)9-22(25)15-45-19-38/h5-10,18-19,23,27-28,39H,11-17,34H2,1-4H3,(H,35,40)(H,36,43)(H,41,42). The second kappa shape index (κ2) is 18.3. The summed E-state index contributed by atoms with van der Waals surface area (Å²) in [6, 6.07) is 9.09. The van der Waals surface area contributed by atoms with Crippen molar-refractivity contribution in [2.75, 3.05) is 18.5 Å². The number of benzene rings is 2. The molecule has 0 saturated carbocycles. The Kier molecular flexibility index (Phi) is 14.5. The summed E-state index contributed by atoms with van der Waals surface area (Å²) in [5.74, 6) is 3.47. The summed E-state index contributed by atoms with van der Waals surface area (Å²) < 4.78 is 32.2. The third kappa shape index (κ3) is 12.6. The molecule has 3 atom stereocenters. The van der Waals surface area contributed by atoms with Crippen LogP contribution in [0.1, 0.15) is 67.6 Å². The number of amides is 2. The lowest BCUT2D eigenvalue weighted by Gasteiger charge is -2.32. The molecule has 6 N–H and O–H groups in total. The highest BCUT2D eigenvalue weighted by atomic mass is 16.7. The minimum Gasteiger partial charge on any atom is -0.479 e. The molecule has 0 aliphatic carbocycles. The summed E-state index contributed by atoms with van der Waals surface area (Å²) >= 11 is 0. The van der Waals surface area contributed by atoms with Gasteiger partial charge in [0, 0.05) is 24.9 Å². The molecule has 2 amide bonds. The Balaban J connectivity index is 1.77. The molecule has 50 heavy (non-hydrogen) atoms. The Morgan fingerprint density at radius 2 is 1.64 bits per heavy atom. The van der Waals surface area contributed by atoms with Crippen molar-refractivity contribution >= 4 is 36.6 Å². The van der Waals surface area contributed by atoms with Gasteiger partial charge in [-0.3, -0.25) is 24.5 Å². The van der Waals surface area contributed by atoms with E-state index in [2.05, 4.69) is 10.6 Å². The van der Waals surface area contributed by atoms with Gasteiger partial charge in [-0.25, -0.2) is 15.5 Å². The molecular weight excluding hydrogens is 662 g/mol. The fourth-order valence-electron chi connectivity index (χ4n) is 4.55. The number of aliphatic carboxylic acids is 1. The van der Waals surface area contributed by atoms with Crippen molar-refractivity contribution in [2.24, 2.45) is 5.90 Å². The van der Waals surface area contributed by atoms with Crippen LogP contribution in [0.15, 0.2) is 36.4 Å². The first-order valence-electron chi connectivity index (χ1n) is 15.5. The number of carboxylic acid groups (broad SMARTS) is 1. The molecule has 0 spiro atoms. The molecule has 0 aromatic heterocycles. The van der Waals surface area contributed by atoms with Gasteiger partial charge in [-0.15, -0.1) is 0 Å². The van der Waals surface area contributed by atoms with Gasteiger partial charge in [-0.2, -0.15) is 0 Å². The predicted octanol–water partition coefficient (Wildman–Crippen LogP) is 2.30. The fourth-order valence-corrected chi connectivity index (χ4v) is 4.55. The second-order valence-electron chi connectivity index (χ2n) is 12.6. The van der Waals surface area contributed by atoms with Crippen molar-refractivity contribution in [1.29, 1.82) is 0 Å². The molecule has 1 aliphatic rings. The molecule has 2 aromatic rings. The lowest BCUT2D eigenvalue weighted by Crippen LogP contribution is -2.45. The Labute approximate surface area is 288 Å². The van der Waals surface area contributed by atoms with Gasteiger partial charge < -0.3 is 44.0 Å². The van der Waals surface area contributed by atoms with Crippen LogP contribution in [0.2, 0.25) is 0 Å². The van der Waals surface area contributed by atoms with Crippen LogP contribution in [0, 0.1) is 0 Å². The number of ether oxygens (including phenoxy) is 6. The average molecular weight is 706 g/mol. The van der Waals surface area contributed by atoms with Crippen molar-refractivity contribution < 1.29 is 67.4 Å². The van der Waals surface area contributed by atoms with Crippen molar-refractivity contribution in [1.82, 2.24) is 5.32 Å². The monoisotopic (exact) mass is 705 g/mol. The van der Waals surface area contributed by atoms with Gasteiger partial charge in [-0.1, -0.05) is 12.1 Å². The Morgan fingerprint density at radius 3 is 2.32 bits per heavy atom. The maximum absolute atomic E-state index is 13.5.